The molecule has 5 nitrogen and oxygen atoms in total. The number of nitro benzene ring substituents is 1. The second-order valence-corrected chi connectivity index (χ2v) is 7.26. The minimum Gasteiger partial charge on any atom is -0.322 e. The fourth-order valence-electron chi connectivity index (χ4n) is 2.62. The largest absolute Gasteiger partial charge is 0.322 e. The smallest absolute Gasteiger partial charge is 0.270 e. The predicted molar refractivity (Wildman–Crippen MR) is 107 cm³/mol. The molecule has 0 spiro atoms. The first-order valence-electron chi connectivity index (χ1n) is 8.45. The minimum atomic E-state index is -0.563. The van der Waals surface area contributed by atoms with Crippen LogP contribution in [0.25, 0.3) is 0 Å². The first-order chi connectivity index (χ1) is 13.4. The quantitative estimate of drug-likeness (QED) is 0.440. The van der Waals surface area contributed by atoms with E-state index >= 15 is 0 Å². The van der Waals surface area contributed by atoms with Gasteiger partial charge < -0.3 is 5.32 Å². The molecule has 0 saturated heterocycles. The van der Waals surface area contributed by atoms with Crippen molar-refractivity contribution in [1.29, 1.82) is 0 Å². The molecule has 0 atom stereocenters. The van der Waals surface area contributed by atoms with Crippen molar-refractivity contribution in [2.75, 3.05) is 5.32 Å². The molecule has 142 valence electrons. The SMILES string of the molecule is Cc1cccc(NC(=O)c2cc([N+](=O)[O-])ccc2Sc2ccccc2F)c1C. The molecule has 0 bridgehead atoms. The van der Waals surface area contributed by atoms with E-state index in [4.69, 9.17) is 0 Å². The Kier molecular flexibility index (Phi) is 5.75. The Morgan fingerprint density at radius 2 is 1.79 bits per heavy atom. The van der Waals surface area contributed by atoms with Crippen LogP contribution in [0.4, 0.5) is 15.8 Å². The van der Waals surface area contributed by atoms with Crippen molar-refractivity contribution in [3.8, 4) is 0 Å². The summed E-state index contributed by atoms with van der Waals surface area (Å²) in [5.41, 5.74) is 2.45. The van der Waals surface area contributed by atoms with Crippen LogP contribution >= 0.6 is 11.8 Å². The van der Waals surface area contributed by atoms with Crippen LogP contribution in [0.15, 0.2) is 70.5 Å². The average molecular weight is 396 g/mol. The van der Waals surface area contributed by atoms with E-state index in [9.17, 15) is 19.3 Å². The third-order valence-electron chi connectivity index (χ3n) is 4.33. The fraction of sp³-hybridized carbons (Fsp3) is 0.0952. The highest BCUT2D eigenvalue weighted by atomic mass is 32.2. The molecule has 28 heavy (non-hydrogen) atoms. The predicted octanol–water partition coefficient (Wildman–Crippen LogP) is 5.75. The van der Waals surface area contributed by atoms with Crippen molar-refractivity contribution in [2.24, 2.45) is 0 Å². The number of aryl methyl sites for hydroxylation is 1. The first-order valence-corrected chi connectivity index (χ1v) is 9.27. The van der Waals surface area contributed by atoms with Crippen LogP contribution in [-0.2, 0) is 0 Å². The highest BCUT2D eigenvalue weighted by molar-refractivity contribution is 7.99. The molecular formula is C21H17FN2O3S. The van der Waals surface area contributed by atoms with Gasteiger partial charge in [-0.1, -0.05) is 36.0 Å². The molecular weight excluding hydrogens is 379 g/mol. The standard InChI is InChI=1S/C21H17FN2O3S/c1-13-6-5-8-18(14(13)2)23-21(25)16-12-15(24(26)27)10-11-19(16)28-20-9-4-3-7-17(20)22/h3-12H,1-2H3,(H,23,25). The van der Waals surface area contributed by atoms with Gasteiger partial charge in [0.1, 0.15) is 5.82 Å². The van der Waals surface area contributed by atoms with Gasteiger partial charge in [0.2, 0.25) is 0 Å². The Balaban J connectivity index is 2.00. The molecule has 0 aliphatic rings. The molecule has 0 radical (unpaired) electrons. The Labute approximate surface area is 165 Å². The second kappa shape index (κ2) is 8.22. The van der Waals surface area contributed by atoms with E-state index in [1.807, 2.05) is 26.0 Å². The zero-order valence-corrected chi connectivity index (χ0v) is 16.0. The zero-order valence-electron chi connectivity index (χ0n) is 15.2. The third-order valence-corrected chi connectivity index (χ3v) is 5.45. The van der Waals surface area contributed by atoms with Crippen molar-refractivity contribution in [2.45, 2.75) is 23.6 Å². The number of anilines is 1. The number of rotatable bonds is 5. The number of nitrogens with one attached hydrogen (secondary N) is 1. The average Bonchev–Trinajstić information content (AvgIpc) is 2.67. The molecule has 3 rings (SSSR count). The van der Waals surface area contributed by atoms with Crippen LogP contribution in [0.5, 0.6) is 0 Å². The van der Waals surface area contributed by atoms with Gasteiger partial charge in [-0.15, -0.1) is 0 Å². The van der Waals surface area contributed by atoms with E-state index in [1.54, 1.807) is 24.3 Å². The van der Waals surface area contributed by atoms with Gasteiger partial charge in [0.25, 0.3) is 11.6 Å². The minimum absolute atomic E-state index is 0.114. The Bertz CT molecular complexity index is 1070. The van der Waals surface area contributed by atoms with Gasteiger partial charge >= 0.3 is 0 Å². The molecule has 0 fully saturated rings. The first kappa shape index (κ1) is 19.6. The summed E-state index contributed by atoms with van der Waals surface area (Å²) in [6.45, 7) is 3.81. The summed E-state index contributed by atoms with van der Waals surface area (Å²) in [4.78, 5) is 24.3. The van der Waals surface area contributed by atoms with Crippen LogP contribution in [0, 0.1) is 29.8 Å². The second-order valence-electron chi connectivity index (χ2n) is 6.17. The topological polar surface area (TPSA) is 72.2 Å². The van der Waals surface area contributed by atoms with Crippen molar-refractivity contribution in [1.82, 2.24) is 0 Å². The lowest BCUT2D eigenvalue weighted by molar-refractivity contribution is -0.384. The lowest BCUT2D eigenvalue weighted by Crippen LogP contribution is -2.14. The molecule has 3 aromatic rings. The van der Waals surface area contributed by atoms with Gasteiger partial charge in [0.05, 0.1) is 10.5 Å². The van der Waals surface area contributed by atoms with E-state index in [1.165, 1.54) is 24.3 Å². The molecule has 0 saturated carbocycles. The lowest BCUT2D eigenvalue weighted by atomic mass is 10.1. The molecule has 1 N–H and O–H groups in total. The van der Waals surface area contributed by atoms with E-state index in [2.05, 4.69) is 5.32 Å². The molecule has 0 unspecified atom stereocenters. The van der Waals surface area contributed by atoms with E-state index in [0.29, 0.717) is 15.5 Å². The summed E-state index contributed by atoms with van der Waals surface area (Å²) in [6.07, 6.45) is 0. The fourth-order valence-corrected chi connectivity index (χ4v) is 3.57. The molecule has 0 aliphatic carbocycles. The summed E-state index contributed by atoms with van der Waals surface area (Å²) in [5, 5.41) is 14.0. The zero-order chi connectivity index (χ0) is 20.3. The Morgan fingerprint density at radius 1 is 1.04 bits per heavy atom. The monoisotopic (exact) mass is 396 g/mol. The number of amides is 1. The van der Waals surface area contributed by atoms with E-state index < -0.39 is 16.6 Å². The van der Waals surface area contributed by atoms with Gasteiger partial charge in [0.15, 0.2) is 0 Å². The highest BCUT2D eigenvalue weighted by Crippen LogP contribution is 2.34. The maximum atomic E-state index is 14.0. The van der Waals surface area contributed by atoms with Gasteiger partial charge in [-0.2, -0.15) is 0 Å². The van der Waals surface area contributed by atoms with Crippen LogP contribution in [0.1, 0.15) is 21.5 Å². The maximum Gasteiger partial charge on any atom is 0.270 e. The number of hydrogen-bond donors (Lipinski definition) is 1. The number of non-ortho nitro benzene ring substituents is 1. The number of benzene rings is 3. The summed E-state index contributed by atoms with van der Waals surface area (Å²) in [6, 6.07) is 15.7. The Morgan fingerprint density at radius 3 is 2.50 bits per heavy atom. The van der Waals surface area contributed by atoms with Crippen LogP contribution in [0.3, 0.4) is 0 Å². The van der Waals surface area contributed by atoms with Crippen molar-refractivity contribution >= 4 is 29.0 Å². The maximum absolute atomic E-state index is 14.0. The van der Waals surface area contributed by atoms with Crippen molar-refractivity contribution < 1.29 is 14.1 Å². The van der Waals surface area contributed by atoms with E-state index in [-0.39, 0.29) is 11.3 Å². The van der Waals surface area contributed by atoms with Crippen LogP contribution < -0.4 is 5.32 Å². The molecule has 0 heterocycles. The molecule has 0 aromatic heterocycles. The molecule has 0 aliphatic heterocycles. The van der Waals surface area contributed by atoms with E-state index in [0.717, 1.165) is 22.9 Å². The normalized spacial score (nSPS) is 10.5. The number of hydrogen-bond acceptors (Lipinski definition) is 4. The lowest BCUT2D eigenvalue weighted by Gasteiger charge is -2.13. The number of carbonyl (C=O) groups is 1. The molecule has 1 amide bonds. The van der Waals surface area contributed by atoms with Gasteiger partial charge in [-0.05, 0) is 49.2 Å². The van der Waals surface area contributed by atoms with Gasteiger partial charge in [-0.3, -0.25) is 14.9 Å². The summed E-state index contributed by atoms with van der Waals surface area (Å²) < 4.78 is 14.0. The summed E-state index contributed by atoms with van der Waals surface area (Å²) >= 11 is 1.05. The molecule has 7 heteroatoms. The van der Waals surface area contributed by atoms with Crippen molar-refractivity contribution in [3.63, 3.8) is 0 Å². The number of nitrogens with zero attached hydrogens (tertiary/aromatic N) is 1. The van der Waals surface area contributed by atoms with Crippen LogP contribution in [-0.4, -0.2) is 10.8 Å². The number of nitro groups is 1. The summed E-state index contributed by atoms with van der Waals surface area (Å²) in [7, 11) is 0. The third kappa shape index (κ3) is 4.20. The van der Waals surface area contributed by atoms with Crippen molar-refractivity contribution in [3.05, 3.63) is 93.3 Å². The Hall–Kier alpha value is -3.19. The van der Waals surface area contributed by atoms with Gasteiger partial charge in [0, 0.05) is 27.6 Å². The number of carbonyl (C=O) groups excluding carboxylic acids is 1. The highest BCUT2D eigenvalue weighted by Gasteiger charge is 2.19. The van der Waals surface area contributed by atoms with Gasteiger partial charge in [-0.25, -0.2) is 4.39 Å². The van der Waals surface area contributed by atoms with Crippen LogP contribution in [0.2, 0.25) is 0 Å². The summed E-state index contributed by atoms with van der Waals surface area (Å²) in [5.74, 6) is -0.914. The molecule has 3 aromatic carbocycles. The number of halogens is 1.